The largest absolute Gasteiger partial charge is 0.324 e. The molecule has 2 aromatic rings. The number of carbonyl (C=O) groups excluding carboxylic acids is 2. The second kappa shape index (κ2) is 6.01. The first-order valence-corrected chi connectivity index (χ1v) is 7.64. The summed E-state index contributed by atoms with van der Waals surface area (Å²) in [5.74, 6) is 0.143. The molecule has 1 heterocycles. The van der Waals surface area contributed by atoms with Crippen LogP contribution in [0.3, 0.4) is 0 Å². The summed E-state index contributed by atoms with van der Waals surface area (Å²) in [6.45, 7) is 0.0408. The van der Waals surface area contributed by atoms with Crippen molar-refractivity contribution in [3.63, 3.8) is 0 Å². The molecular weight excluding hydrogens is 284 g/mol. The van der Waals surface area contributed by atoms with E-state index in [-0.39, 0.29) is 18.4 Å². The minimum absolute atomic E-state index is 0.0408. The highest BCUT2D eigenvalue weighted by Crippen LogP contribution is 2.23. The quantitative estimate of drug-likeness (QED) is 0.948. The molecule has 0 aromatic heterocycles. The van der Waals surface area contributed by atoms with Gasteiger partial charge in [0.1, 0.15) is 6.54 Å². The van der Waals surface area contributed by atoms with Crippen molar-refractivity contribution < 1.29 is 9.59 Å². The van der Waals surface area contributed by atoms with Crippen molar-refractivity contribution in [1.29, 1.82) is 0 Å². The molecule has 0 saturated carbocycles. The molecule has 5 heteroatoms. The molecule has 1 aliphatic rings. The summed E-state index contributed by atoms with van der Waals surface area (Å²) in [5.41, 5.74) is 0.765. The summed E-state index contributed by atoms with van der Waals surface area (Å²) in [6, 6.07) is 13.6. The summed E-state index contributed by atoms with van der Waals surface area (Å²) >= 11 is 1.44. The van der Waals surface area contributed by atoms with Gasteiger partial charge in [0.2, 0.25) is 11.8 Å². The zero-order valence-corrected chi connectivity index (χ0v) is 12.1. The zero-order valence-electron chi connectivity index (χ0n) is 11.3. The van der Waals surface area contributed by atoms with Crippen molar-refractivity contribution in [3.8, 4) is 0 Å². The van der Waals surface area contributed by atoms with E-state index in [0.717, 1.165) is 16.5 Å². The topological polar surface area (TPSA) is 49.4 Å². The van der Waals surface area contributed by atoms with Crippen LogP contribution >= 0.6 is 11.8 Å². The maximum atomic E-state index is 12.1. The van der Waals surface area contributed by atoms with Crippen molar-refractivity contribution >= 4 is 40.0 Å². The van der Waals surface area contributed by atoms with Gasteiger partial charge in [0.15, 0.2) is 0 Å². The van der Waals surface area contributed by atoms with Crippen LogP contribution in [0.25, 0.3) is 10.8 Å². The number of benzene rings is 2. The number of nitrogens with zero attached hydrogens (tertiary/aromatic N) is 1. The lowest BCUT2D eigenvalue weighted by Gasteiger charge is -2.20. The predicted molar refractivity (Wildman–Crippen MR) is 85.9 cm³/mol. The Morgan fingerprint density at radius 2 is 2.00 bits per heavy atom. The van der Waals surface area contributed by atoms with Crippen LogP contribution < -0.4 is 5.32 Å². The van der Waals surface area contributed by atoms with Crippen LogP contribution in [0.1, 0.15) is 0 Å². The predicted octanol–water partition coefficient (Wildman–Crippen LogP) is 2.82. The smallest absolute Gasteiger partial charge is 0.244 e. The van der Waals surface area contributed by atoms with Crippen molar-refractivity contribution in [2.75, 3.05) is 17.6 Å². The number of hydrogen-bond donors (Lipinski definition) is 1. The lowest BCUT2D eigenvalue weighted by atomic mass is 10.1. The Kier molecular flexibility index (Phi) is 3.92. The molecule has 0 atom stereocenters. The Hall–Kier alpha value is -2.27. The van der Waals surface area contributed by atoms with Gasteiger partial charge in [-0.2, -0.15) is 0 Å². The fraction of sp³-hybridized carbons (Fsp3) is 0.125. The molecule has 0 saturated heterocycles. The molecule has 2 aromatic carbocycles. The fourth-order valence-corrected chi connectivity index (χ4v) is 2.86. The van der Waals surface area contributed by atoms with Gasteiger partial charge >= 0.3 is 0 Å². The van der Waals surface area contributed by atoms with Crippen LogP contribution in [-0.2, 0) is 9.59 Å². The highest BCUT2D eigenvalue weighted by atomic mass is 32.2. The van der Waals surface area contributed by atoms with Gasteiger partial charge in [0.25, 0.3) is 0 Å². The standard InChI is InChI=1S/C16H14N2O2S/c19-15(10-18-8-9-21-11-16(18)20)17-14-7-3-5-12-4-1-2-6-13(12)14/h1-9H,10-11H2,(H,17,19). The van der Waals surface area contributed by atoms with E-state index in [4.69, 9.17) is 0 Å². The maximum absolute atomic E-state index is 12.1. The van der Waals surface area contributed by atoms with Gasteiger partial charge in [-0.3, -0.25) is 9.59 Å². The molecule has 3 rings (SSSR count). The normalized spacial score (nSPS) is 14.5. The molecule has 1 aliphatic heterocycles. The molecule has 0 fully saturated rings. The minimum Gasteiger partial charge on any atom is -0.324 e. The Morgan fingerprint density at radius 1 is 1.19 bits per heavy atom. The average molecular weight is 298 g/mol. The minimum atomic E-state index is -0.198. The van der Waals surface area contributed by atoms with E-state index in [0.29, 0.717) is 5.75 Å². The van der Waals surface area contributed by atoms with Gasteiger partial charge in [-0.1, -0.05) is 36.4 Å². The summed E-state index contributed by atoms with van der Waals surface area (Å²) in [7, 11) is 0. The zero-order chi connectivity index (χ0) is 14.7. The average Bonchev–Trinajstić information content (AvgIpc) is 2.50. The number of nitrogens with one attached hydrogen (secondary N) is 1. The lowest BCUT2D eigenvalue weighted by Crippen LogP contribution is -2.36. The lowest BCUT2D eigenvalue weighted by molar-refractivity contribution is -0.129. The molecule has 0 aliphatic carbocycles. The number of rotatable bonds is 3. The molecule has 106 valence electrons. The Bertz CT molecular complexity index is 722. The van der Waals surface area contributed by atoms with E-state index in [1.807, 2.05) is 47.9 Å². The maximum Gasteiger partial charge on any atom is 0.244 e. The third-order valence-electron chi connectivity index (χ3n) is 3.24. The van der Waals surface area contributed by atoms with Gasteiger partial charge in [-0.05, 0) is 16.9 Å². The Morgan fingerprint density at radius 3 is 2.86 bits per heavy atom. The molecule has 21 heavy (non-hydrogen) atoms. The number of carbonyl (C=O) groups is 2. The van der Waals surface area contributed by atoms with E-state index in [1.165, 1.54) is 16.7 Å². The number of hydrogen-bond acceptors (Lipinski definition) is 3. The van der Waals surface area contributed by atoms with Crippen molar-refractivity contribution in [1.82, 2.24) is 4.90 Å². The molecule has 0 radical (unpaired) electrons. The third kappa shape index (κ3) is 3.08. The van der Waals surface area contributed by atoms with Crippen LogP contribution in [0, 0.1) is 0 Å². The molecular formula is C16H14N2O2S. The van der Waals surface area contributed by atoms with Crippen molar-refractivity contribution in [2.24, 2.45) is 0 Å². The highest BCUT2D eigenvalue weighted by Gasteiger charge is 2.17. The van der Waals surface area contributed by atoms with Gasteiger partial charge in [-0.25, -0.2) is 0 Å². The molecule has 1 N–H and O–H groups in total. The molecule has 0 bridgehead atoms. The second-order valence-corrected chi connectivity index (χ2v) is 5.59. The van der Waals surface area contributed by atoms with E-state index in [1.54, 1.807) is 6.20 Å². The van der Waals surface area contributed by atoms with Crippen molar-refractivity contribution in [2.45, 2.75) is 0 Å². The van der Waals surface area contributed by atoms with Crippen LogP contribution in [-0.4, -0.2) is 29.0 Å². The van der Waals surface area contributed by atoms with Crippen molar-refractivity contribution in [3.05, 3.63) is 54.1 Å². The van der Waals surface area contributed by atoms with E-state index >= 15 is 0 Å². The first-order valence-electron chi connectivity index (χ1n) is 6.59. The second-order valence-electron chi connectivity index (χ2n) is 4.69. The summed E-state index contributed by atoms with van der Waals surface area (Å²) in [4.78, 5) is 25.2. The number of fused-ring (bicyclic) bond motifs is 1. The fourth-order valence-electron chi connectivity index (χ4n) is 2.22. The van der Waals surface area contributed by atoms with E-state index < -0.39 is 0 Å². The summed E-state index contributed by atoms with van der Waals surface area (Å²) in [5, 5.41) is 6.77. The first kappa shape index (κ1) is 13.7. The molecule has 0 unspecified atom stereocenters. The van der Waals surface area contributed by atoms with Crippen LogP contribution in [0.15, 0.2) is 54.1 Å². The Labute approximate surface area is 126 Å². The van der Waals surface area contributed by atoms with E-state index in [9.17, 15) is 9.59 Å². The summed E-state index contributed by atoms with van der Waals surface area (Å²) in [6.07, 6.45) is 1.65. The molecule has 4 nitrogen and oxygen atoms in total. The molecule has 2 amide bonds. The van der Waals surface area contributed by atoms with Gasteiger partial charge in [-0.15, -0.1) is 11.8 Å². The third-order valence-corrected chi connectivity index (χ3v) is 3.97. The van der Waals surface area contributed by atoms with E-state index in [2.05, 4.69) is 5.32 Å². The first-order chi connectivity index (χ1) is 10.2. The highest BCUT2D eigenvalue weighted by molar-refractivity contribution is 8.02. The number of amides is 2. The number of anilines is 1. The van der Waals surface area contributed by atoms with Gasteiger partial charge in [0.05, 0.1) is 5.75 Å². The van der Waals surface area contributed by atoms with Gasteiger partial charge < -0.3 is 10.2 Å². The Balaban J connectivity index is 1.76. The van der Waals surface area contributed by atoms with Crippen LogP contribution in [0.5, 0.6) is 0 Å². The monoisotopic (exact) mass is 298 g/mol. The van der Waals surface area contributed by atoms with Crippen LogP contribution in [0.2, 0.25) is 0 Å². The SMILES string of the molecule is O=C(CN1C=CSCC1=O)Nc1cccc2ccccc12. The van der Waals surface area contributed by atoms with Crippen LogP contribution in [0.4, 0.5) is 5.69 Å². The summed E-state index contributed by atoms with van der Waals surface area (Å²) < 4.78 is 0. The molecule has 0 spiro atoms. The number of thioether (sulfide) groups is 1. The van der Waals surface area contributed by atoms with Gasteiger partial charge in [0, 0.05) is 17.3 Å².